The van der Waals surface area contributed by atoms with Crippen LogP contribution in [0.15, 0.2) is 11.8 Å². The highest BCUT2D eigenvalue weighted by Crippen LogP contribution is 2.32. The third-order valence-electron chi connectivity index (χ3n) is 4.84. The average Bonchev–Trinajstić information content (AvgIpc) is 3.01. The monoisotopic (exact) mass is 248 g/mol. The molecule has 1 N–H and O–H groups in total. The number of nitrogens with one attached hydrogen (secondary N) is 1. The van der Waals surface area contributed by atoms with E-state index in [1.165, 1.54) is 64.7 Å². The largest absolute Gasteiger partial charge is 0.306 e. The Kier molecular flexibility index (Phi) is 3.31. The van der Waals surface area contributed by atoms with Gasteiger partial charge in [0.25, 0.3) is 0 Å². The zero-order valence-corrected chi connectivity index (χ0v) is 12.1. The molecule has 0 aromatic carbocycles. The summed E-state index contributed by atoms with van der Waals surface area (Å²) < 4.78 is 2.65. The third-order valence-corrected chi connectivity index (χ3v) is 4.84. The van der Waals surface area contributed by atoms with E-state index in [-0.39, 0.29) is 0 Å². The predicted molar refractivity (Wildman–Crippen MR) is 75.3 cm³/mol. The van der Waals surface area contributed by atoms with Gasteiger partial charge >= 0.3 is 0 Å². The van der Waals surface area contributed by atoms with Crippen LogP contribution in [0.5, 0.6) is 0 Å². The summed E-state index contributed by atoms with van der Waals surface area (Å²) in [6.45, 7) is 10.2. The van der Waals surface area contributed by atoms with Crippen molar-refractivity contribution in [1.29, 1.82) is 0 Å². The lowest BCUT2D eigenvalue weighted by Gasteiger charge is -2.30. The highest BCUT2D eigenvalue weighted by molar-refractivity contribution is 5.92. The van der Waals surface area contributed by atoms with Gasteiger partial charge in [-0.1, -0.05) is 13.8 Å². The van der Waals surface area contributed by atoms with Gasteiger partial charge in [-0.25, -0.2) is 4.58 Å². The smallest absolute Gasteiger partial charge is 0.182 e. The molecule has 2 heteroatoms. The number of allylic oxidation sites excluding steroid dienone is 2. The Balaban J connectivity index is 1.89. The lowest BCUT2D eigenvalue weighted by Crippen LogP contribution is -3.08. The van der Waals surface area contributed by atoms with Crippen LogP contribution in [0.3, 0.4) is 0 Å². The summed E-state index contributed by atoms with van der Waals surface area (Å²) in [7, 11) is 0. The maximum absolute atomic E-state index is 2.65. The number of hydrogen-bond acceptors (Lipinski definition) is 0. The molecule has 0 aromatic rings. The zero-order valence-electron chi connectivity index (χ0n) is 12.1. The van der Waals surface area contributed by atoms with Crippen molar-refractivity contribution < 1.29 is 9.48 Å². The molecule has 0 radical (unpaired) electrons. The lowest BCUT2D eigenvalue weighted by molar-refractivity contribution is -0.849. The van der Waals surface area contributed by atoms with E-state index in [1.807, 2.05) is 0 Å². The Bertz CT molecular complexity index is 376. The van der Waals surface area contributed by atoms with Crippen molar-refractivity contribution in [2.24, 2.45) is 5.41 Å². The summed E-state index contributed by atoms with van der Waals surface area (Å²) in [6, 6.07) is 0. The first-order chi connectivity index (χ1) is 8.64. The van der Waals surface area contributed by atoms with E-state index in [1.54, 1.807) is 16.3 Å². The van der Waals surface area contributed by atoms with Crippen molar-refractivity contribution >= 4 is 5.71 Å². The summed E-state index contributed by atoms with van der Waals surface area (Å²) >= 11 is 0. The molecule has 2 heterocycles. The van der Waals surface area contributed by atoms with E-state index in [9.17, 15) is 0 Å². The highest BCUT2D eigenvalue weighted by Gasteiger charge is 2.36. The van der Waals surface area contributed by atoms with Crippen molar-refractivity contribution in [3.63, 3.8) is 0 Å². The van der Waals surface area contributed by atoms with Gasteiger partial charge < -0.3 is 4.90 Å². The second-order valence-electron chi connectivity index (χ2n) is 7.18. The molecule has 2 fully saturated rings. The van der Waals surface area contributed by atoms with Crippen molar-refractivity contribution in [3.8, 4) is 0 Å². The van der Waals surface area contributed by atoms with Crippen molar-refractivity contribution in [2.45, 2.75) is 52.4 Å². The molecule has 3 aliphatic rings. The van der Waals surface area contributed by atoms with Crippen molar-refractivity contribution in [2.75, 3.05) is 26.2 Å². The number of hydrogen-bond donors (Lipinski definition) is 1. The Morgan fingerprint density at radius 3 is 2.33 bits per heavy atom. The number of nitrogens with zero attached hydrogens (tertiary/aromatic N) is 1. The summed E-state index contributed by atoms with van der Waals surface area (Å²) in [5.41, 5.74) is 3.81. The van der Waals surface area contributed by atoms with E-state index in [0.29, 0.717) is 5.41 Å². The first-order valence-corrected chi connectivity index (χ1v) is 7.80. The topological polar surface area (TPSA) is 7.45 Å². The third kappa shape index (κ3) is 2.54. The van der Waals surface area contributed by atoms with Gasteiger partial charge in [-0.3, -0.25) is 0 Å². The van der Waals surface area contributed by atoms with E-state index in [2.05, 4.69) is 24.5 Å². The van der Waals surface area contributed by atoms with Gasteiger partial charge in [0.05, 0.1) is 19.2 Å². The van der Waals surface area contributed by atoms with Crippen molar-refractivity contribution in [1.82, 2.24) is 0 Å². The summed E-state index contributed by atoms with van der Waals surface area (Å²) in [5.74, 6) is 0. The van der Waals surface area contributed by atoms with Gasteiger partial charge in [0.15, 0.2) is 5.71 Å². The van der Waals surface area contributed by atoms with Crippen LogP contribution in [0.2, 0.25) is 0 Å². The summed E-state index contributed by atoms with van der Waals surface area (Å²) in [4.78, 5) is 1.78. The molecule has 0 atom stereocenters. The molecule has 0 saturated carbocycles. The molecule has 0 aromatic heterocycles. The number of rotatable bonds is 1. The van der Waals surface area contributed by atoms with Crippen LogP contribution in [0.25, 0.3) is 0 Å². The minimum atomic E-state index is 0.470. The normalized spacial score (nSPS) is 28.9. The summed E-state index contributed by atoms with van der Waals surface area (Å²) in [5, 5.41) is 0. The second-order valence-corrected chi connectivity index (χ2v) is 7.18. The summed E-state index contributed by atoms with van der Waals surface area (Å²) in [6.07, 6.45) is 10.8. The van der Waals surface area contributed by atoms with Crippen molar-refractivity contribution in [3.05, 3.63) is 11.8 Å². The molecule has 3 rings (SSSR count). The van der Waals surface area contributed by atoms with Gasteiger partial charge in [-0.05, 0) is 5.41 Å². The molecule has 2 saturated heterocycles. The maximum atomic E-state index is 2.65. The fraction of sp³-hybridized carbons (Fsp3) is 0.812. The SMILES string of the molecule is CC1(C)CC([NH+]2CCCC2)=CC(=[N+]2CCCC2)C1. The van der Waals surface area contributed by atoms with Gasteiger partial charge in [-0.2, -0.15) is 0 Å². The Morgan fingerprint density at radius 1 is 1.00 bits per heavy atom. The first-order valence-electron chi connectivity index (χ1n) is 7.80. The second kappa shape index (κ2) is 4.80. The Labute approximate surface area is 111 Å². The van der Waals surface area contributed by atoms with Crippen LogP contribution >= 0.6 is 0 Å². The molecule has 18 heavy (non-hydrogen) atoms. The minimum absolute atomic E-state index is 0.470. The molecule has 0 bridgehead atoms. The molecule has 2 aliphatic heterocycles. The van der Waals surface area contributed by atoms with E-state index >= 15 is 0 Å². The van der Waals surface area contributed by atoms with Crippen LogP contribution in [0, 0.1) is 5.41 Å². The Morgan fingerprint density at radius 2 is 1.67 bits per heavy atom. The van der Waals surface area contributed by atoms with Gasteiger partial charge in [0.1, 0.15) is 18.8 Å². The maximum Gasteiger partial charge on any atom is 0.182 e. The van der Waals surface area contributed by atoms with Gasteiger partial charge in [-0.15, -0.1) is 0 Å². The average molecular weight is 248 g/mol. The number of likely N-dealkylation sites (tertiary alicyclic amines) is 1. The van der Waals surface area contributed by atoms with Crippen LogP contribution < -0.4 is 4.90 Å². The van der Waals surface area contributed by atoms with Gasteiger partial charge in [0, 0.05) is 38.5 Å². The minimum Gasteiger partial charge on any atom is -0.306 e. The standard InChI is InChI=1S/C16H27N2/c1-16(2)12-14(17-7-3-4-8-17)11-15(13-16)18-9-5-6-10-18/h11H,3-10,12-13H2,1-2H3/q+1/p+1. The molecule has 2 nitrogen and oxygen atoms in total. The predicted octanol–water partition coefficient (Wildman–Crippen LogP) is 1.62. The fourth-order valence-electron chi connectivity index (χ4n) is 3.93. The van der Waals surface area contributed by atoms with E-state index < -0.39 is 0 Å². The Hall–Kier alpha value is -0.630. The lowest BCUT2D eigenvalue weighted by atomic mass is 9.78. The van der Waals surface area contributed by atoms with Crippen LogP contribution in [-0.4, -0.2) is 36.5 Å². The quantitative estimate of drug-likeness (QED) is 0.674. The van der Waals surface area contributed by atoms with Gasteiger partial charge in [0.2, 0.25) is 0 Å². The zero-order chi connectivity index (χ0) is 12.6. The molecular formula is C16H28N2+2. The first kappa shape index (κ1) is 12.4. The molecule has 0 amide bonds. The fourth-order valence-corrected chi connectivity index (χ4v) is 3.93. The molecular weight excluding hydrogens is 220 g/mol. The molecule has 0 unspecified atom stereocenters. The van der Waals surface area contributed by atoms with E-state index in [4.69, 9.17) is 0 Å². The number of quaternary nitrogens is 1. The molecule has 0 spiro atoms. The molecule has 1 aliphatic carbocycles. The van der Waals surface area contributed by atoms with Crippen LogP contribution in [0.1, 0.15) is 52.4 Å². The van der Waals surface area contributed by atoms with Crippen LogP contribution in [0.4, 0.5) is 0 Å². The highest BCUT2D eigenvalue weighted by atomic mass is 15.2. The van der Waals surface area contributed by atoms with Crippen LogP contribution in [-0.2, 0) is 0 Å². The van der Waals surface area contributed by atoms with E-state index in [0.717, 1.165) is 0 Å². The molecule has 100 valence electrons.